The van der Waals surface area contributed by atoms with E-state index in [4.69, 9.17) is 14.0 Å². The van der Waals surface area contributed by atoms with E-state index in [1.165, 1.54) is 14.2 Å². The smallest absolute Gasteiger partial charge is 0.464 e. The van der Waals surface area contributed by atoms with Gasteiger partial charge in [-0.3, -0.25) is 0 Å². The molecule has 1 fully saturated rings. The Bertz CT molecular complexity index is 1200. The van der Waals surface area contributed by atoms with Crippen molar-refractivity contribution in [1.29, 1.82) is 0 Å². The number of halogens is 1. The molecule has 10 heteroatoms. The monoisotopic (exact) mass is 618 g/mol. The van der Waals surface area contributed by atoms with Gasteiger partial charge in [0.05, 0.1) is 25.4 Å². The summed E-state index contributed by atoms with van der Waals surface area (Å²) in [5.41, 5.74) is 2.46. The second-order valence-corrected chi connectivity index (χ2v) is 14.4. The van der Waals surface area contributed by atoms with E-state index in [1.54, 1.807) is 12.1 Å². The highest BCUT2D eigenvalue weighted by Gasteiger charge is 2.52. The van der Waals surface area contributed by atoms with Gasteiger partial charge in [-0.2, -0.15) is 0 Å². The lowest BCUT2D eigenvalue weighted by atomic mass is 9.78. The standard InChI is InChI=1S/C18H28BNO4.C12H16BrNO2/c1-16(2,3)11-13-9-12(10-14(20-13)15(21)22-8)19-23-17(4,5)18(6,7)24-19;1-12(2,3)7-9-5-8(13)6-10(14-9)11(15)16-4/h9-10H,11H2,1-8H3;5-6H,7H2,1-4H3. The van der Waals surface area contributed by atoms with E-state index in [-0.39, 0.29) is 16.5 Å². The van der Waals surface area contributed by atoms with Crippen LogP contribution in [0.4, 0.5) is 0 Å². The summed E-state index contributed by atoms with van der Waals surface area (Å²) >= 11 is 3.37. The van der Waals surface area contributed by atoms with Crippen molar-refractivity contribution < 1.29 is 28.4 Å². The number of aromatic nitrogens is 2. The maximum atomic E-state index is 12.0. The van der Waals surface area contributed by atoms with Crippen molar-refractivity contribution in [3.63, 3.8) is 0 Å². The Kier molecular flexibility index (Phi) is 10.8. The van der Waals surface area contributed by atoms with Crippen LogP contribution in [-0.4, -0.2) is 54.4 Å². The van der Waals surface area contributed by atoms with Crippen LogP contribution in [-0.2, 0) is 31.6 Å². The Morgan fingerprint density at radius 1 is 0.775 bits per heavy atom. The van der Waals surface area contributed by atoms with Crippen LogP contribution in [0.3, 0.4) is 0 Å². The molecule has 0 bridgehead atoms. The number of esters is 2. The highest BCUT2D eigenvalue weighted by molar-refractivity contribution is 9.10. The molecule has 0 atom stereocenters. The molecule has 1 aliphatic rings. The zero-order valence-corrected chi connectivity index (χ0v) is 27.6. The van der Waals surface area contributed by atoms with Gasteiger partial charge in [0, 0.05) is 15.9 Å². The summed E-state index contributed by atoms with van der Waals surface area (Å²) in [6, 6.07) is 7.25. The number of nitrogens with zero attached hydrogens (tertiary/aromatic N) is 2. The highest BCUT2D eigenvalue weighted by Crippen LogP contribution is 2.36. The predicted octanol–water partition coefficient (Wildman–Crippen LogP) is 5.98. The average Bonchev–Trinajstić information content (AvgIpc) is 3.02. The zero-order chi connectivity index (χ0) is 30.7. The van der Waals surface area contributed by atoms with E-state index in [9.17, 15) is 9.59 Å². The molecule has 0 saturated carbocycles. The molecular weight excluding hydrogens is 575 g/mol. The Balaban J connectivity index is 0.000000305. The maximum Gasteiger partial charge on any atom is 0.494 e. The molecule has 1 aliphatic heterocycles. The van der Waals surface area contributed by atoms with E-state index in [1.807, 2.05) is 39.8 Å². The second kappa shape index (κ2) is 12.7. The number of carbonyl (C=O) groups excluding carboxylic acids is 2. The van der Waals surface area contributed by atoms with Crippen LogP contribution in [0.1, 0.15) is 102 Å². The van der Waals surface area contributed by atoms with Gasteiger partial charge in [-0.05, 0) is 81.1 Å². The van der Waals surface area contributed by atoms with Gasteiger partial charge in [-0.15, -0.1) is 0 Å². The van der Waals surface area contributed by atoms with Crippen LogP contribution >= 0.6 is 15.9 Å². The summed E-state index contributed by atoms with van der Waals surface area (Å²) in [6.45, 7) is 20.8. The van der Waals surface area contributed by atoms with Crippen molar-refractivity contribution in [1.82, 2.24) is 9.97 Å². The fraction of sp³-hybridized carbons (Fsp3) is 0.600. The second-order valence-electron chi connectivity index (χ2n) is 13.5. The molecule has 0 spiro atoms. The van der Waals surface area contributed by atoms with Gasteiger partial charge in [0.2, 0.25) is 0 Å². The molecule has 0 aromatic carbocycles. The normalized spacial score (nSPS) is 16.2. The van der Waals surface area contributed by atoms with Crippen molar-refractivity contribution >= 4 is 40.4 Å². The molecule has 0 unspecified atom stereocenters. The number of pyridine rings is 2. The van der Waals surface area contributed by atoms with E-state index < -0.39 is 30.3 Å². The fourth-order valence-corrected chi connectivity index (χ4v) is 4.44. The van der Waals surface area contributed by atoms with Crippen molar-refractivity contribution in [3.05, 3.63) is 51.5 Å². The molecule has 3 heterocycles. The quantitative estimate of drug-likeness (QED) is 0.298. The Labute approximate surface area is 248 Å². The summed E-state index contributed by atoms with van der Waals surface area (Å²) in [6.07, 6.45) is 1.56. The number of ether oxygens (including phenoxy) is 2. The van der Waals surface area contributed by atoms with Crippen molar-refractivity contribution in [2.75, 3.05) is 14.2 Å². The summed E-state index contributed by atoms with van der Waals surface area (Å²) in [7, 11) is 2.18. The largest absolute Gasteiger partial charge is 0.494 e. The number of rotatable bonds is 5. The van der Waals surface area contributed by atoms with Gasteiger partial charge < -0.3 is 18.8 Å². The molecule has 0 aliphatic carbocycles. The first-order valence-electron chi connectivity index (χ1n) is 13.4. The zero-order valence-electron chi connectivity index (χ0n) is 26.0. The summed E-state index contributed by atoms with van der Waals surface area (Å²) in [5, 5.41) is 0. The first kappa shape index (κ1) is 33.9. The molecule has 2 aromatic rings. The first-order valence-corrected chi connectivity index (χ1v) is 14.2. The third-order valence-electron chi connectivity index (χ3n) is 6.48. The molecule has 0 N–H and O–H groups in total. The van der Waals surface area contributed by atoms with Gasteiger partial charge in [-0.25, -0.2) is 19.6 Å². The molecule has 8 nitrogen and oxygen atoms in total. The minimum Gasteiger partial charge on any atom is -0.464 e. The highest BCUT2D eigenvalue weighted by atomic mass is 79.9. The lowest BCUT2D eigenvalue weighted by Gasteiger charge is -2.32. The van der Waals surface area contributed by atoms with E-state index >= 15 is 0 Å². The number of hydrogen-bond donors (Lipinski definition) is 0. The SMILES string of the molecule is COC(=O)c1cc(B2OC(C)(C)C(C)(C)O2)cc(CC(C)(C)C)n1.COC(=O)c1cc(Br)cc(CC(C)(C)C)n1. The van der Waals surface area contributed by atoms with Crippen molar-refractivity contribution in [2.24, 2.45) is 10.8 Å². The van der Waals surface area contributed by atoms with Crippen molar-refractivity contribution in [2.45, 2.75) is 93.3 Å². The van der Waals surface area contributed by atoms with Crippen LogP contribution < -0.4 is 5.46 Å². The van der Waals surface area contributed by atoms with E-state index in [0.29, 0.717) is 5.69 Å². The minimum atomic E-state index is -0.528. The Morgan fingerprint density at radius 2 is 1.18 bits per heavy atom. The lowest BCUT2D eigenvalue weighted by molar-refractivity contribution is 0.00578. The molecule has 3 rings (SSSR count). The average molecular weight is 619 g/mol. The van der Waals surface area contributed by atoms with Gasteiger partial charge in [-0.1, -0.05) is 57.5 Å². The van der Waals surface area contributed by atoms with Crippen LogP contribution in [0, 0.1) is 10.8 Å². The molecular formula is C30H44BBrN2O6. The number of hydrogen-bond acceptors (Lipinski definition) is 8. The minimum absolute atomic E-state index is 0.0505. The van der Waals surface area contributed by atoms with Crippen LogP contribution in [0.2, 0.25) is 0 Å². The maximum absolute atomic E-state index is 12.0. The summed E-state index contributed by atoms with van der Waals surface area (Å²) < 4.78 is 22.5. The summed E-state index contributed by atoms with van der Waals surface area (Å²) in [5.74, 6) is -0.861. The molecule has 40 heavy (non-hydrogen) atoms. The number of methoxy groups -OCH3 is 2. The van der Waals surface area contributed by atoms with Gasteiger partial charge in [0.15, 0.2) is 0 Å². The third kappa shape index (κ3) is 9.66. The van der Waals surface area contributed by atoms with Gasteiger partial charge >= 0.3 is 19.1 Å². The molecule has 220 valence electrons. The predicted molar refractivity (Wildman–Crippen MR) is 161 cm³/mol. The van der Waals surface area contributed by atoms with Gasteiger partial charge in [0.1, 0.15) is 11.4 Å². The van der Waals surface area contributed by atoms with Gasteiger partial charge in [0.25, 0.3) is 0 Å². The summed E-state index contributed by atoms with van der Waals surface area (Å²) in [4.78, 5) is 32.1. The molecule has 0 amide bonds. The lowest BCUT2D eigenvalue weighted by Crippen LogP contribution is -2.41. The van der Waals surface area contributed by atoms with E-state index in [2.05, 4.69) is 72.2 Å². The fourth-order valence-electron chi connectivity index (χ4n) is 3.96. The first-order chi connectivity index (χ1) is 18.2. The third-order valence-corrected chi connectivity index (χ3v) is 6.94. The van der Waals surface area contributed by atoms with Crippen LogP contribution in [0.15, 0.2) is 28.7 Å². The van der Waals surface area contributed by atoms with Crippen LogP contribution in [0.5, 0.6) is 0 Å². The Morgan fingerprint density at radius 3 is 1.57 bits per heavy atom. The molecule has 2 aromatic heterocycles. The molecule has 1 saturated heterocycles. The van der Waals surface area contributed by atoms with E-state index in [0.717, 1.165) is 34.2 Å². The van der Waals surface area contributed by atoms with Crippen LogP contribution in [0.25, 0.3) is 0 Å². The van der Waals surface area contributed by atoms with Crippen molar-refractivity contribution in [3.8, 4) is 0 Å². The topological polar surface area (TPSA) is 96.8 Å². The molecule has 0 radical (unpaired) electrons. The Hall–Kier alpha value is -2.30. The number of carbonyl (C=O) groups is 2.